The number of fused-ring (bicyclic) bond motifs is 1. The van der Waals surface area contributed by atoms with Crippen LogP contribution in [0.5, 0.6) is 0 Å². The highest BCUT2D eigenvalue weighted by Gasteiger charge is 2.33. The third-order valence-corrected chi connectivity index (χ3v) is 3.76. The van der Waals surface area contributed by atoms with Gasteiger partial charge in [-0.1, -0.05) is 0 Å². The first-order chi connectivity index (χ1) is 9.63. The van der Waals surface area contributed by atoms with Crippen molar-refractivity contribution >= 4 is 23.4 Å². The van der Waals surface area contributed by atoms with E-state index in [0.29, 0.717) is 26.1 Å². The van der Waals surface area contributed by atoms with Gasteiger partial charge in [-0.3, -0.25) is 9.69 Å². The normalized spacial score (nSPS) is 21.4. The molecule has 6 heteroatoms. The van der Waals surface area contributed by atoms with Crippen LogP contribution in [-0.2, 0) is 16.0 Å². The lowest BCUT2D eigenvalue weighted by atomic mass is 10.1. The van der Waals surface area contributed by atoms with E-state index in [1.165, 1.54) is 0 Å². The number of hydrogen-bond donors (Lipinski definition) is 1. The summed E-state index contributed by atoms with van der Waals surface area (Å²) >= 11 is 0. The molecule has 1 aromatic carbocycles. The summed E-state index contributed by atoms with van der Waals surface area (Å²) in [6.45, 7) is 3.38. The molecule has 0 aromatic heterocycles. The number of rotatable bonds is 3. The van der Waals surface area contributed by atoms with E-state index in [9.17, 15) is 9.59 Å². The fraction of sp³-hybridized carbons (Fsp3) is 0.429. The van der Waals surface area contributed by atoms with E-state index in [4.69, 9.17) is 10.5 Å². The van der Waals surface area contributed by atoms with Crippen LogP contribution in [0.4, 0.5) is 16.2 Å². The van der Waals surface area contributed by atoms with Crippen molar-refractivity contribution < 1.29 is 14.3 Å². The van der Waals surface area contributed by atoms with Gasteiger partial charge in [-0.15, -0.1) is 0 Å². The number of carbonyl (C=O) groups excluding carboxylic acids is 2. The molecule has 1 atom stereocenters. The van der Waals surface area contributed by atoms with Gasteiger partial charge in [0.05, 0.1) is 13.0 Å². The molecular weight excluding hydrogens is 258 g/mol. The van der Waals surface area contributed by atoms with Gasteiger partial charge < -0.3 is 15.4 Å². The molecular formula is C14H17N3O3. The van der Waals surface area contributed by atoms with Crippen LogP contribution in [0.25, 0.3) is 0 Å². The molecule has 3 rings (SSSR count). The van der Waals surface area contributed by atoms with Crippen LogP contribution in [0, 0.1) is 0 Å². The zero-order valence-electron chi connectivity index (χ0n) is 11.3. The number of carbonyl (C=O) groups is 2. The zero-order chi connectivity index (χ0) is 14.3. The molecule has 20 heavy (non-hydrogen) atoms. The monoisotopic (exact) mass is 275 g/mol. The van der Waals surface area contributed by atoms with Crippen LogP contribution < -0.4 is 15.5 Å². The minimum atomic E-state index is -0.378. The third-order valence-electron chi connectivity index (χ3n) is 3.76. The van der Waals surface area contributed by atoms with Gasteiger partial charge in [0.2, 0.25) is 5.91 Å². The Morgan fingerprint density at radius 2 is 2.20 bits per heavy atom. The topological polar surface area (TPSA) is 75.9 Å². The smallest absolute Gasteiger partial charge is 0.414 e. The summed E-state index contributed by atoms with van der Waals surface area (Å²) < 4.78 is 5.14. The average Bonchev–Trinajstić information content (AvgIpc) is 2.96. The van der Waals surface area contributed by atoms with Crippen LogP contribution in [-0.4, -0.2) is 37.7 Å². The predicted octanol–water partition coefficient (Wildman–Crippen LogP) is 0.880. The highest BCUT2D eigenvalue weighted by atomic mass is 16.6. The predicted molar refractivity (Wildman–Crippen MR) is 74.8 cm³/mol. The molecule has 2 N–H and O–H groups in total. The summed E-state index contributed by atoms with van der Waals surface area (Å²) in [6, 6.07) is 5.63. The molecule has 0 unspecified atom stereocenters. The first-order valence-corrected chi connectivity index (χ1v) is 6.75. The van der Waals surface area contributed by atoms with E-state index in [2.05, 4.69) is 0 Å². The Morgan fingerprint density at radius 1 is 1.40 bits per heavy atom. The Labute approximate surface area is 117 Å². The van der Waals surface area contributed by atoms with Crippen molar-refractivity contribution in [1.29, 1.82) is 0 Å². The molecule has 6 nitrogen and oxygen atoms in total. The Balaban J connectivity index is 1.89. The van der Waals surface area contributed by atoms with Gasteiger partial charge >= 0.3 is 6.09 Å². The van der Waals surface area contributed by atoms with Crippen LogP contribution in [0.1, 0.15) is 12.5 Å². The van der Waals surface area contributed by atoms with Gasteiger partial charge in [0.1, 0.15) is 6.10 Å². The van der Waals surface area contributed by atoms with Crippen molar-refractivity contribution in [2.75, 3.05) is 29.4 Å². The van der Waals surface area contributed by atoms with Gasteiger partial charge in [-0.25, -0.2) is 4.79 Å². The molecule has 0 radical (unpaired) electrons. The lowest BCUT2D eigenvalue weighted by Gasteiger charge is -2.17. The van der Waals surface area contributed by atoms with E-state index in [-0.39, 0.29) is 18.1 Å². The number of nitrogens with two attached hydrogens (primary N) is 1. The quantitative estimate of drug-likeness (QED) is 0.888. The molecule has 0 bridgehead atoms. The average molecular weight is 275 g/mol. The van der Waals surface area contributed by atoms with Crippen LogP contribution in [0.3, 0.4) is 0 Å². The standard InChI is InChI=1S/C14H17N3O3/c1-2-16-12-4-3-10(5-9(12)6-13(16)18)17-8-11(7-15)20-14(17)19/h3-5,11H,2,6-8,15H2,1H3/t11-/m0/s1. The zero-order valence-corrected chi connectivity index (χ0v) is 11.3. The molecule has 2 aliphatic heterocycles. The van der Waals surface area contributed by atoms with Crippen molar-refractivity contribution in [3.05, 3.63) is 23.8 Å². The highest BCUT2D eigenvalue weighted by molar-refractivity contribution is 6.02. The fourth-order valence-electron chi connectivity index (χ4n) is 2.74. The maximum atomic E-state index is 11.9. The Kier molecular flexibility index (Phi) is 3.10. The maximum absolute atomic E-state index is 11.9. The van der Waals surface area contributed by atoms with Crippen molar-refractivity contribution in [2.45, 2.75) is 19.4 Å². The first kappa shape index (κ1) is 12.9. The number of ether oxygens (including phenoxy) is 1. The van der Waals surface area contributed by atoms with E-state index in [0.717, 1.165) is 16.9 Å². The summed E-state index contributed by atoms with van der Waals surface area (Å²) in [4.78, 5) is 27.0. The first-order valence-electron chi connectivity index (χ1n) is 6.75. The summed E-state index contributed by atoms with van der Waals surface area (Å²) in [7, 11) is 0. The summed E-state index contributed by atoms with van der Waals surface area (Å²) in [5, 5.41) is 0. The van der Waals surface area contributed by atoms with Crippen molar-refractivity contribution in [3.8, 4) is 0 Å². The van der Waals surface area contributed by atoms with Crippen LogP contribution >= 0.6 is 0 Å². The lowest BCUT2D eigenvalue weighted by Crippen LogP contribution is -2.27. The van der Waals surface area contributed by atoms with Crippen molar-refractivity contribution in [3.63, 3.8) is 0 Å². The third kappa shape index (κ3) is 1.92. The lowest BCUT2D eigenvalue weighted by molar-refractivity contribution is -0.117. The number of amides is 2. The van der Waals surface area contributed by atoms with E-state index in [1.54, 1.807) is 9.80 Å². The van der Waals surface area contributed by atoms with Crippen LogP contribution in [0.2, 0.25) is 0 Å². The molecule has 1 saturated heterocycles. The second kappa shape index (κ2) is 4.79. The highest BCUT2D eigenvalue weighted by Crippen LogP contribution is 2.33. The molecule has 2 amide bonds. The second-order valence-corrected chi connectivity index (χ2v) is 4.98. The van der Waals surface area contributed by atoms with Crippen LogP contribution in [0.15, 0.2) is 18.2 Å². The fourth-order valence-corrected chi connectivity index (χ4v) is 2.74. The summed E-state index contributed by atoms with van der Waals surface area (Å²) in [5.74, 6) is 0.100. The van der Waals surface area contributed by atoms with Crippen molar-refractivity contribution in [1.82, 2.24) is 0 Å². The number of nitrogens with zero attached hydrogens (tertiary/aromatic N) is 2. The SMILES string of the molecule is CCN1C(=O)Cc2cc(N3C[C@H](CN)OC3=O)ccc21. The molecule has 0 aliphatic carbocycles. The minimum absolute atomic E-state index is 0.100. The van der Waals surface area contributed by atoms with Gasteiger partial charge in [-0.05, 0) is 30.7 Å². The van der Waals surface area contributed by atoms with Gasteiger partial charge in [0, 0.05) is 24.5 Å². The van der Waals surface area contributed by atoms with Gasteiger partial charge in [0.15, 0.2) is 0 Å². The molecule has 0 saturated carbocycles. The second-order valence-electron chi connectivity index (χ2n) is 4.98. The molecule has 106 valence electrons. The minimum Gasteiger partial charge on any atom is -0.443 e. The summed E-state index contributed by atoms with van der Waals surface area (Å²) in [6.07, 6.45) is -0.248. The van der Waals surface area contributed by atoms with Gasteiger partial charge in [0.25, 0.3) is 0 Å². The van der Waals surface area contributed by atoms with Crippen molar-refractivity contribution in [2.24, 2.45) is 5.73 Å². The molecule has 1 aromatic rings. The Bertz CT molecular complexity index is 573. The van der Waals surface area contributed by atoms with E-state index < -0.39 is 0 Å². The largest absolute Gasteiger partial charge is 0.443 e. The Morgan fingerprint density at radius 3 is 2.85 bits per heavy atom. The van der Waals surface area contributed by atoms with E-state index >= 15 is 0 Å². The molecule has 0 spiro atoms. The molecule has 1 fully saturated rings. The molecule has 2 aliphatic rings. The van der Waals surface area contributed by atoms with Gasteiger partial charge in [-0.2, -0.15) is 0 Å². The summed E-state index contributed by atoms with van der Waals surface area (Å²) in [5.41, 5.74) is 8.18. The number of benzene rings is 1. The maximum Gasteiger partial charge on any atom is 0.414 e. The number of anilines is 2. The number of hydrogen-bond acceptors (Lipinski definition) is 4. The van der Waals surface area contributed by atoms with E-state index in [1.807, 2.05) is 25.1 Å². The number of cyclic esters (lactones) is 1. The Hall–Kier alpha value is -2.08. The number of likely N-dealkylation sites (N-methyl/N-ethyl adjacent to an activating group) is 1. The molecule has 2 heterocycles.